The van der Waals surface area contributed by atoms with Crippen LogP contribution in [0.25, 0.3) is 0 Å². The molecule has 0 aliphatic carbocycles. The smallest absolute Gasteiger partial charge is 0.168 e. The number of rotatable bonds is 1. The van der Waals surface area contributed by atoms with Gasteiger partial charge in [0.2, 0.25) is 0 Å². The van der Waals surface area contributed by atoms with Gasteiger partial charge in [-0.25, -0.2) is 5.26 Å². The molecule has 1 aromatic rings. The van der Waals surface area contributed by atoms with Gasteiger partial charge < -0.3 is 4.89 Å². The second-order valence-corrected chi connectivity index (χ2v) is 2.44. The van der Waals surface area contributed by atoms with Gasteiger partial charge in [-0.15, -0.1) is 0 Å². The van der Waals surface area contributed by atoms with Crippen LogP contribution in [0, 0.1) is 6.92 Å². The fraction of sp³-hybridized carbons (Fsp3) is 0.143. The summed E-state index contributed by atoms with van der Waals surface area (Å²) in [5.74, 6) is 0.435. The molecule has 0 radical (unpaired) electrons. The number of hydrogen-bond donors (Lipinski definition) is 1. The van der Waals surface area contributed by atoms with Gasteiger partial charge in [-0.3, -0.25) is 0 Å². The molecule has 0 heterocycles. The summed E-state index contributed by atoms with van der Waals surface area (Å²) in [6, 6.07) is 4.98. The third-order valence-corrected chi connectivity index (χ3v) is 1.47. The predicted octanol–water partition coefficient (Wildman–Crippen LogP) is 2.50. The lowest BCUT2D eigenvalue weighted by molar-refractivity contribution is -0.138. The van der Waals surface area contributed by atoms with Crippen LogP contribution in [-0.2, 0) is 0 Å². The lowest BCUT2D eigenvalue weighted by Crippen LogP contribution is -1.86. The predicted molar refractivity (Wildman–Crippen MR) is 39.4 cm³/mol. The van der Waals surface area contributed by atoms with Gasteiger partial charge >= 0.3 is 0 Å². The molecule has 0 saturated heterocycles. The van der Waals surface area contributed by atoms with Crippen LogP contribution < -0.4 is 4.89 Å². The quantitative estimate of drug-likeness (QED) is 0.503. The van der Waals surface area contributed by atoms with Crippen molar-refractivity contribution >= 4 is 11.6 Å². The Bertz CT molecular complexity index is 235. The molecule has 0 bridgehead atoms. The van der Waals surface area contributed by atoms with Gasteiger partial charge in [-0.05, 0) is 30.7 Å². The van der Waals surface area contributed by atoms with E-state index in [2.05, 4.69) is 4.89 Å². The van der Waals surface area contributed by atoms with E-state index in [4.69, 9.17) is 16.9 Å². The van der Waals surface area contributed by atoms with Crippen LogP contribution >= 0.6 is 11.6 Å². The van der Waals surface area contributed by atoms with E-state index in [1.54, 1.807) is 25.1 Å². The zero-order valence-corrected chi connectivity index (χ0v) is 6.22. The second-order valence-electron chi connectivity index (χ2n) is 2.00. The zero-order chi connectivity index (χ0) is 7.56. The van der Waals surface area contributed by atoms with Crippen molar-refractivity contribution in [3.05, 3.63) is 28.8 Å². The molecule has 3 heteroatoms. The van der Waals surface area contributed by atoms with Crippen molar-refractivity contribution in [2.75, 3.05) is 0 Å². The normalized spacial score (nSPS) is 9.50. The summed E-state index contributed by atoms with van der Waals surface area (Å²) in [6.07, 6.45) is 0. The van der Waals surface area contributed by atoms with E-state index in [0.29, 0.717) is 10.8 Å². The molecule has 2 nitrogen and oxygen atoms in total. The van der Waals surface area contributed by atoms with E-state index in [0.717, 1.165) is 5.56 Å². The molecule has 0 saturated carbocycles. The van der Waals surface area contributed by atoms with Gasteiger partial charge in [0.25, 0.3) is 0 Å². The minimum Gasteiger partial charge on any atom is -0.340 e. The van der Waals surface area contributed by atoms with Gasteiger partial charge in [0, 0.05) is 5.02 Å². The van der Waals surface area contributed by atoms with E-state index < -0.39 is 0 Å². The van der Waals surface area contributed by atoms with E-state index >= 15 is 0 Å². The highest BCUT2D eigenvalue weighted by atomic mass is 35.5. The van der Waals surface area contributed by atoms with Crippen LogP contribution in [0.2, 0.25) is 5.02 Å². The van der Waals surface area contributed by atoms with Gasteiger partial charge in [-0.2, -0.15) is 0 Å². The largest absolute Gasteiger partial charge is 0.340 e. The van der Waals surface area contributed by atoms with Crippen molar-refractivity contribution in [3.8, 4) is 5.75 Å². The Labute approximate surface area is 63.9 Å². The number of benzene rings is 1. The topological polar surface area (TPSA) is 29.5 Å². The first-order valence-electron chi connectivity index (χ1n) is 2.81. The van der Waals surface area contributed by atoms with Crippen molar-refractivity contribution < 1.29 is 10.1 Å². The molecular formula is C7H7ClO2. The molecular weight excluding hydrogens is 152 g/mol. The van der Waals surface area contributed by atoms with Crippen molar-refractivity contribution in [2.24, 2.45) is 0 Å². The highest BCUT2D eigenvalue weighted by Gasteiger charge is 1.97. The summed E-state index contributed by atoms with van der Waals surface area (Å²) >= 11 is 5.64. The Balaban J connectivity index is 3.07. The summed E-state index contributed by atoms with van der Waals surface area (Å²) < 4.78 is 0. The highest BCUT2D eigenvalue weighted by molar-refractivity contribution is 6.30. The van der Waals surface area contributed by atoms with Crippen molar-refractivity contribution in [1.29, 1.82) is 0 Å². The van der Waals surface area contributed by atoms with Crippen LogP contribution in [0.4, 0.5) is 0 Å². The second kappa shape index (κ2) is 2.90. The van der Waals surface area contributed by atoms with Crippen molar-refractivity contribution in [2.45, 2.75) is 6.92 Å². The lowest BCUT2D eigenvalue weighted by atomic mass is 10.2. The fourth-order valence-corrected chi connectivity index (χ4v) is 0.942. The SMILES string of the molecule is Cc1cc(Cl)ccc1OO. The Morgan fingerprint density at radius 3 is 2.70 bits per heavy atom. The first-order valence-corrected chi connectivity index (χ1v) is 3.19. The van der Waals surface area contributed by atoms with Crippen LogP contribution in [0.3, 0.4) is 0 Å². The lowest BCUT2D eigenvalue weighted by Gasteiger charge is -1.99. The molecule has 0 unspecified atom stereocenters. The molecule has 0 amide bonds. The Morgan fingerprint density at radius 2 is 2.20 bits per heavy atom. The van der Waals surface area contributed by atoms with Gasteiger partial charge in [0.05, 0.1) is 0 Å². The van der Waals surface area contributed by atoms with E-state index in [-0.39, 0.29) is 0 Å². The molecule has 54 valence electrons. The molecule has 10 heavy (non-hydrogen) atoms. The Morgan fingerprint density at radius 1 is 1.50 bits per heavy atom. The molecule has 0 atom stereocenters. The number of aryl methyl sites for hydroxylation is 1. The van der Waals surface area contributed by atoms with Gasteiger partial charge in [0.15, 0.2) is 5.75 Å². The Kier molecular flexibility index (Phi) is 2.14. The number of hydrogen-bond acceptors (Lipinski definition) is 2. The summed E-state index contributed by atoms with van der Waals surface area (Å²) in [5, 5.41) is 8.90. The summed E-state index contributed by atoms with van der Waals surface area (Å²) in [7, 11) is 0. The van der Waals surface area contributed by atoms with Crippen LogP contribution in [0.5, 0.6) is 5.75 Å². The first-order chi connectivity index (χ1) is 4.74. The summed E-state index contributed by atoms with van der Waals surface area (Å²) in [5.41, 5.74) is 0.815. The van der Waals surface area contributed by atoms with Gasteiger partial charge in [0.1, 0.15) is 0 Å². The molecule has 1 aromatic carbocycles. The molecule has 0 aromatic heterocycles. The Hall–Kier alpha value is -0.730. The summed E-state index contributed by atoms with van der Waals surface area (Å²) in [4.78, 5) is 4.04. The maximum Gasteiger partial charge on any atom is 0.168 e. The van der Waals surface area contributed by atoms with Crippen molar-refractivity contribution in [1.82, 2.24) is 0 Å². The zero-order valence-electron chi connectivity index (χ0n) is 5.47. The molecule has 1 N–H and O–H groups in total. The van der Waals surface area contributed by atoms with Crippen LogP contribution in [0.1, 0.15) is 5.56 Å². The third kappa shape index (κ3) is 1.40. The molecule has 0 aliphatic rings. The average molecular weight is 159 g/mol. The highest BCUT2D eigenvalue weighted by Crippen LogP contribution is 2.20. The van der Waals surface area contributed by atoms with E-state index in [9.17, 15) is 0 Å². The third-order valence-electron chi connectivity index (χ3n) is 1.24. The van der Waals surface area contributed by atoms with E-state index in [1.807, 2.05) is 0 Å². The first kappa shape index (κ1) is 7.38. The molecule has 0 fully saturated rings. The average Bonchev–Trinajstić information content (AvgIpc) is 1.88. The molecule has 0 spiro atoms. The van der Waals surface area contributed by atoms with Crippen molar-refractivity contribution in [3.63, 3.8) is 0 Å². The van der Waals surface area contributed by atoms with Crippen LogP contribution in [0.15, 0.2) is 18.2 Å². The maximum atomic E-state index is 8.27. The van der Waals surface area contributed by atoms with Crippen LogP contribution in [-0.4, -0.2) is 5.26 Å². The number of halogens is 1. The monoisotopic (exact) mass is 158 g/mol. The minimum absolute atomic E-state index is 0.435. The minimum atomic E-state index is 0.435. The molecule has 0 aliphatic heterocycles. The van der Waals surface area contributed by atoms with Gasteiger partial charge in [-0.1, -0.05) is 11.6 Å². The maximum absolute atomic E-state index is 8.27. The summed E-state index contributed by atoms with van der Waals surface area (Å²) in [6.45, 7) is 1.80. The fourth-order valence-electron chi connectivity index (χ4n) is 0.715. The standard InChI is InChI=1S/C7H7ClO2/c1-5-4-6(8)2-3-7(5)10-9/h2-4,9H,1H3. The molecule has 1 rings (SSSR count). The van der Waals surface area contributed by atoms with E-state index in [1.165, 1.54) is 0 Å².